The standard InChI is InChI=1S/C17H20N6O2/c1-4-5-6-12(18)15-14(21-16(22-15)17(24-2)25-3)11-7-8-13-19-10-20-23(13)9-11/h4-10,17H,18H2,1-3H3,(H,21,22)/b5-4-,12-6-. The highest BCUT2D eigenvalue weighted by molar-refractivity contribution is 5.76. The highest BCUT2D eigenvalue weighted by Gasteiger charge is 2.20. The molecule has 0 aromatic carbocycles. The Balaban J connectivity index is 2.14. The molecule has 3 rings (SSSR count). The van der Waals surface area contributed by atoms with E-state index in [1.54, 1.807) is 18.7 Å². The minimum absolute atomic E-state index is 0.533. The SMILES string of the molecule is C/C=C\C=C(/N)c1[nH]c(C(OC)OC)nc1-c1ccc2ncnn2c1. The number of H-pyrrole nitrogens is 1. The van der Waals surface area contributed by atoms with Gasteiger partial charge in [-0.05, 0) is 25.1 Å². The lowest BCUT2D eigenvalue weighted by atomic mass is 10.1. The fourth-order valence-electron chi connectivity index (χ4n) is 2.48. The molecule has 3 heterocycles. The lowest BCUT2D eigenvalue weighted by Gasteiger charge is -2.09. The molecule has 8 heteroatoms. The lowest BCUT2D eigenvalue weighted by molar-refractivity contribution is -0.111. The number of ether oxygens (including phenoxy) is 2. The van der Waals surface area contributed by atoms with Crippen molar-refractivity contribution in [3.8, 4) is 11.3 Å². The smallest absolute Gasteiger partial charge is 0.216 e. The summed E-state index contributed by atoms with van der Waals surface area (Å²) in [6, 6.07) is 3.79. The van der Waals surface area contributed by atoms with Crippen molar-refractivity contribution in [3.05, 3.63) is 54.4 Å². The third-order valence-electron chi connectivity index (χ3n) is 3.68. The predicted octanol–water partition coefficient (Wildman–Crippen LogP) is 2.29. The van der Waals surface area contributed by atoms with Crippen molar-refractivity contribution < 1.29 is 9.47 Å². The van der Waals surface area contributed by atoms with Gasteiger partial charge in [0, 0.05) is 26.0 Å². The summed E-state index contributed by atoms with van der Waals surface area (Å²) in [6.07, 6.45) is 8.31. The summed E-state index contributed by atoms with van der Waals surface area (Å²) in [5.41, 5.74) is 9.75. The number of rotatable bonds is 6. The molecule has 3 aromatic rings. The molecular formula is C17H20N6O2. The second-order valence-corrected chi connectivity index (χ2v) is 5.28. The van der Waals surface area contributed by atoms with Crippen LogP contribution in [-0.4, -0.2) is 38.8 Å². The molecule has 0 spiro atoms. The molecule has 0 amide bonds. The maximum absolute atomic E-state index is 6.23. The number of pyridine rings is 1. The van der Waals surface area contributed by atoms with E-state index >= 15 is 0 Å². The van der Waals surface area contributed by atoms with Gasteiger partial charge < -0.3 is 20.2 Å². The van der Waals surface area contributed by atoms with Crippen LogP contribution >= 0.6 is 0 Å². The molecule has 0 aliphatic carbocycles. The summed E-state index contributed by atoms with van der Waals surface area (Å²) in [6.45, 7) is 1.92. The summed E-state index contributed by atoms with van der Waals surface area (Å²) in [5.74, 6) is 0.533. The number of nitrogens with zero attached hydrogens (tertiary/aromatic N) is 4. The normalized spacial score (nSPS) is 12.7. The van der Waals surface area contributed by atoms with Gasteiger partial charge in [0.2, 0.25) is 6.29 Å². The largest absolute Gasteiger partial charge is 0.397 e. The van der Waals surface area contributed by atoms with E-state index in [1.807, 2.05) is 43.5 Å². The number of fused-ring (bicyclic) bond motifs is 1. The highest BCUT2D eigenvalue weighted by Crippen LogP contribution is 2.28. The molecule has 0 radical (unpaired) electrons. The Kier molecular flexibility index (Phi) is 4.92. The topological polar surface area (TPSA) is 103 Å². The fraction of sp³-hybridized carbons (Fsp3) is 0.235. The number of imidazole rings is 1. The van der Waals surface area contributed by atoms with Crippen LogP contribution in [0.2, 0.25) is 0 Å². The van der Waals surface area contributed by atoms with Crippen LogP contribution in [0.4, 0.5) is 0 Å². The molecule has 3 aromatic heterocycles. The monoisotopic (exact) mass is 340 g/mol. The Morgan fingerprint density at radius 3 is 2.84 bits per heavy atom. The number of aromatic nitrogens is 5. The number of aromatic amines is 1. The van der Waals surface area contributed by atoms with Crippen molar-refractivity contribution in [2.75, 3.05) is 14.2 Å². The molecule has 25 heavy (non-hydrogen) atoms. The van der Waals surface area contributed by atoms with Crippen LogP contribution < -0.4 is 5.73 Å². The second-order valence-electron chi connectivity index (χ2n) is 5.28. The van der Waals surface area contributed by atoms with Gasteiger partial charge in [-0.15, -0.1) is 0 Å². The fourth-order valence-corrected chi connectivity index (χ4v) is 2.48. The van der Waals surface area contributed by atoms with Gasteiger partial charge in [-0.1, -0.05) is 12.2 Å². The van der Waals surface area contributed by atoms with Gasteiger partial charge in [0.25, 0.3) is 0 Å². The van der Waals surface area contributed by atoms with Crippen LogP contribution in [0, 0.1) is 0 Å². The number of hydrogen-bond acceptors (Lipinski definition) is 6. The Bertz CT molecular complexity index is 920. The van der Waals surface area contributed by atoms with Gasteiger partial charge in [-0.2, -0.15) is 5.10 Å². The predicted molar refractivity (Wildman–Crippen MR) is 94.3 cm³/mol. The van der Waals surface area contributed by atoms with Gasteiger partial charge in [0.05, 0.1) is 17.1 Å². The van der Waals surface area contributed by atoms with E-state index in [9.17, 15) is 0 Å². The first-order valence-corrected chi connectivity index (χ1v) is 7.72. The Morgan fingerprint density at radius 1 is 1.32 bits per heavy atom. The van der Waals surface area contributed by atoms with Crippen LogP contribution in [0.25, 0.3) is 22.6 Å². The van der Waals surface area contributed by atoms with E-state index in [-0.39, 0.29) is 0 Å². The minimum atomic E-state index is -0.614. The Hall–Kier alpha value is -2.97. The van der Waals surface area contributed by atoms with E-state index in [0.29, 0.717) is 22.9 Å². The van der Waals surface area contributed by atoms with E-state index < -0.39 is 6.29 Å². The number of nitrogens with two attached hydrogens (primary N) is 1. The zero-order chi connectivity index (χ0) is 17.8. The van der Waals surface area contributed by atoms with Gasteiger partial charge in [0.15, 0.2) is 11.5 Å². The van der Waals surface area contributed by atoms with Crippen LogP contribution in [0.1, 0.15) is 24.7 Å². The number of methoxy groups -OCH3 is 2. The first-order chi connectivity index (χ1) is 12.2. The minimum Gasteiger partial charge on any atom is -0.397 e. The summed E-state index contributed by atoms with van der Waals surface area (Å²) in [4.78, 5) is 12.0. The molecule has 0 atom stereocenters. The molecule has 0 saturated carbocycles. The maximum atomic E-state index is 6.23. The lowest BCUT2D eigenvalue weighted by Crippen LogP contribution is -2.06. The van der Waals surface area contributed by atoms with E-state index in [4.69, 9.17) is 15.2 Å². The summed E-state index contributed by atoms with van der Waals surface area (Å²) < 4.78 is 12.3. The molecule has 0 aliphatic rings. The van der Waals surface area contributed by atoms with Crippen molar-refractivity contribution in [2.24, 2.45) is 5.73 Å². The molecule has 0 aliphatic heterocycles. The zero-order valence-corrected chi connectivity index (χ0v) is 14.3. The molecular weight excluding hydrogens is 320 g/mol. The van der Waals surface area contributed by atoms with Crippen molar-refractivity contribution in [1.82, 2.24) is 24.6 Å². The van der Waals surface area contributed by atoms with E-state index in [1.165, 1.54) is 6.33 Å². The van der Waals surface area contributed by atoms with Crippen molar-refractivity contribution in [3.63, 3.8) is 0 Å². The van der Waals surface area contributed by atoms with Crippen LogP contribution in [0.3, 0.4) is 0 Å². The summed E-state index contributed by atoms with van der Waals surface area (Å²) in [5, 5.41) is 4.16. The van der Waals surface area contributed by atoms with Crippen molar-refractivity contribution >= 4 is 11.3 Å². The maximum Gasteiger partial charge on any atom is 0.216 e. The average molecular weight is 340 g/mol. The molecule has 0 fully saturated rings. The first-order valence-electron chi connectivity index (χ1n) is 7.72. The molecule has 0 saturated heterocycles. The number of nitrogens with one attached hydrogen (secondary N) is 1. The van der Waals surface area contributed by atoms with Crippen LogP contribution in [0.5, 0.6) is 0 Å². The van der Waals surface area contributed by atoms with E-state index in [0.717, 1.165) is 11.2 Å². The Morgan fingerprint density at radius 2 is 2.12 bits per heavy atom. The third kappa shape index (κ3) is 3.30. The van der Waals surface area contributed by atoms with Gasteiger partial charge in [0.1, 0.15) is 6.33 Å². The van der Waals surface area contributed by atoms with E-state index in [2.05, 4.69) is 20.1 Å². The average Bonchev–Trinajstić information content (AvgIpc) is 3.27. The first kappa shape index (κ1) is 16.9. The summed E-state index contributed by atoms with van der Waals surface area (Å²) in [7, 11) is 3.10. The molecule has 130 valence electrons. The third-order valence-corrected chi connectivity index (χ3v) is 3.68. The number of hydrogen-bond donors (Lipinski definition) is 2. The second kappa shape index (κ2) is 7.29. The van der Waals surface area contributed by atoms with Crippen molar-refractivity contribution in [2.45, 2.75) is 13.2 Å². The van der Waals surface area contributed by atoms with Crippen LogP contribution in [0.15, 0.2) is 42.9 Å². The molecule has 3 N–H and O–H groups in total. The zero-order valence-electron chi connectivity index (χ0n) is 14.3. The van der Waals surface area contributed by atoms with Gasteiger partial charge in [-0.3, -0.25) is 0 Å². The van der Waals surface area contributed by atoms with Gasteiger partial charge >= 0.3 is 0 Å². The molecule has 0 bridgehead atoms. The van der Waals surface area contributed by atoms with Crippen molar-refractivity contribution in [1.29, 1.82) is 0 Å². The summed E-state index contributed by atoms with van der Waals surface area (Å²) >= 11 is 0. The highest BCUT2D eigenvalue weighted by atomic mass is 16.7. The molecule has 0 unspecified atom stereocenters. The Labute approximate surface area is 145 Å². The number of allylic oxidation sites excluding steroid dienone is 3. The molecule has 8 nitrogen and oxygen atoms in total. The van der Waals surface area contributed by atoms with Gasteiger partial charge in [-0.25, -0.2) is 14.5 Å². The van der Waals surface area contributed by atoms with Crippen LogP contribution in [-0.2, 0) is 9.47 Å². The quantitative estimate of drug-likeness (QED) is 0.527.